The summed E-state index contributed by atoms with van der Waals surface area (Å²) in [6, 6.07) is 7.91. The monoisotopic (exact) mass is 460 g/mol. The van der Waals surface area contributed by atoms with Gasteiger partial charge in [0.15, 0.2) is 6.10 Å². The van der Waals surface area contributed by atoms with E-state index in [4.69, 9.17) is 9.47 Å². The standard InChI is InChI=1S/C28H44O5/c1-5-7-16-28(3,4)26(29)15-12-21-22(24-14-13-23(21)33-24)18-19-10-8-11-20(17-19)32-25(9-6-2)27(30)31/h8,10-11,17,21-26,29H,5-7,9,12-16,18H2,1-4H3,(H,30,31). The number of carbonyl (C=O) groups is 1. The molecule has 1 aromatic rings. The van der Waals surface area contributed by atoms with Crippen molar-refractivity contribution in [3.63, 3.8) is 0 Å². The minimum absolute atomic E-state index is 0.0468. The molecular formula is C28H44O5. The van der Waals surface area contributed by atoms with Crippen LogP contribution < -0.4 is 4.74 Å². The number of aliphatic hydroxyl groups is 1. The van der Waals surface area contributed by atoms with Crippen LogP contribution in [-0.2, 0) is 16.0 Å². The molecular weight excluding hydrogens is 416 g/mol. The highest BCUT2D eigenvalue weighted by Gasteiger charge is 2.48. The van der Waals surface area contributed by atoms with E-state index in [1.54, 1.807) is 0 Å². The molecule has 0 spiro atoms. The van der Waals surface area contributed by atoms with Crippen molar-refractivity contribution in [1.82, 2.24) is 0 Å². The second-order valence-corrected chi connectivity index (χ2v) is 10.9. The molecule has 186 valence electrons. The van der Waals surface area contributed by atoms with Gasteiger partial charge in [0.1, 0.15) is 5.75 Å². The van der Waals surface area contributed by atoms with E-state index in [-0.39, 0.29) is 11.5 Å². The number of fused-ring (bicyclic) bond motifs is 2. The number of aliphatic hydroxyl groups excluding tert-OH is 1. The fourth-order valence-electron chi connectivity index (χ4n) is 5.77. The van der Waals surface area contributed by atoms with Gasteiger partial charge in [-0.2, -0.15) is 0 Å². The fourth-order valence-corrected chi connectivity index (χ4v) is 5.77. The lowest BCUT2D eigenvalue weighted by Crippen LogP contribution is -2.33. The zero-order valence-corrected chi connectivity index (χ0v) is 21.0. The first-order chi connectivity index (χ1) is 15.7. The van der Waals surface area contributed by atoms with E-state index in [9.17, 15) is 15.0 Å². The molecule has 2 bridgehead atoms. The van der Waals surface area contributed by atoms with Gasteiger partial charge in [0.2, 0.25) is 0 Å². The average Bonchev–Trinajstić information content (AvgIpc) is 3.38. The zero-order chi connectivity index (χ0) is 24.0. The third-order valence-electron chi connectivity index (χ3n) is 7.91. The molecule has 2 N–H and O–H groups in total. The summed E-state index contributed by atoms with van der Waals surface area (Å²) in [4.78, 5) is 11.5. The smallest absolute Gasteiger partial charge is 0.344 e. The number of unbranched alkanes of at least 4 members (excludes halogenated alkanes) is 1. The fraction of sp³-hybridized carbons (Fsp3) is 0.750. The first-order valence-electron chi connectivity index (χ1n) is 13.1. The van der Waals surface area contributed by atoms with Crippen LogP contribution >= 0.6 is 0 Å². The number of carboxylic acids is 1. The predicted molar refractivity (Wildman–Crippen MR) is 131 cm³/mol. The van der Waals surface area contributed by atoms with E-state index >= 15 is 0 Å². The Morgan fingerprint density at radius 1 is 1.15 bits per heavy atom. The zero-order valence-electron chi connectivity index (χ0n) is 21.0. The van der Waals surface area contributed by atoms with Gasteiger partial charge in [-0.05, 0) is 79.9 Å². The second-order valence-electron chi connectivity index (χ2n) is 10.9. The number of carboxylic acid groups (broad SMARTS) is 1. The van der Waals surface area contributed by atoms with Crippen molar-refractivity contribution in [1.29, 1.82) is 0 Å². The molecule has 2 aliphatic heterocycles. The van der Waals surface area contributed by atoms with Gasteiger partial charge in [0.05, 0.1) is 18.3 Å². The Morgan fingerprint density at radius 3 is 2.55 bits per heavy atom. The van der Waals surface area contributed by atoms with Crippen LogP contribution in [0.3, 0.4) is 0 Å². The number of benzene rings is 1. The molecule has 5 heteroatoms. The van der Waals surface area contributed by atoms with Gasteiger partial charge in [-0.15, -0.1) is 0 Å². The maximum atomic E-state index is 11.5. The average molecular weight is 461 g/mol. The van der Waals surface area contributed by atoms with Crippen LogP contribution in [0.25, 0.3) is 0 Å². The van der Waals surface area contributed by atoms with E-state index in [0.29, 0.717) is 36.2 Å². The molecule has 6 unspecified atom stereocenters. The van der Waals surface area contributed by atoms with Crippen molar-refractivity contribution in [3.05, 3.63) is 29.8 Å². The molecule has 33 heavy (non-hydrogen) atoms. The lowest BCUT2D eigenvalue weighted by molar-refractivity contribution is -0.145. The minimum atomic E-state index is -0.913. The van der Waals surface area contributed by atoms with Crippen molar-refractivity contribution in [2.24, 2.45) is 17.3 Å². The van der Waals surface area contributed by atoms with Gasteiger partial charge >= 0.3 is 5.97 Å². The molecule has 0 saturated carbocycles. The highest BCUT2D eigenvalue weighted by Crippen LogP contribution is 2.47. The lowest BCUT2D eigenvalue weighted by Gasteiger charge is -2.33. The second kappa shape index (κ2) is 11.7. The van der Waals surface area contributed by atoms with Gasteiger partial charge in [0, 0.05) is 0 Å². The molecule has 1 aromatic carbocycles. The largest absolute Gasteiger partial charge is 0.479 e. The van der Waals surface area contributed by atoms with Crippen LogP contribution in [0.5, 0.6) is 5.75 Å². The first kappa shape index (κ1) is 26.0. The number of ether oxygens (including phenoxy) is 2. The number of aliphatic carboxylic acids is 1. The SMILES string of the molecule is CCCCC(C)(C)C(O)CCC1C2CCC(O2)C1Cc1cccc(OC(CCC)C(=O)O)c1. The van der Waals surface area contributed by atoms with Crippen molar-refractivity contribution < 1.29 is 24.5 Å². The Labute approximate surface area is 199 Å². The third kappa shape index (κ3) is 6.73. The van der Waals surface area contributed by atoms with Gasteiger partial charge in [-0.25, -0.2) is 4.79 Å². The Bertz CT molecular complexity index is 760. The van der Waals surface area contributed by atoms with Gasteiger partial charge in [-0.3, -0.25) is 0 Å². The van der Waals surface area contributed by atoms with Crippen molar-refractivity contribution in [3.8, 4) is 5.75 Å². The molecule has 2 aliphatic rings. The molecule has 2 heterocycles. The van der Waals surface area contributed by atoms with Crippen molar-refractivity contribution >= 4 is 5.97 Å². The molecule has 2 fully saturated rings. The summed E-state index contributed by atoms with van der Waals surface area (Å²) < 4.78 is 12.1. The quantitative estimate of drug-likeness (QED) is 0.355. The summed E-state index contributed by atoms with van der Waals surface area (Å²) in [5, 5.41) is 20.3. The van der Waals surface area contributed by atoms with Crippen LogP contribution in [-0.4, -0.2) is 40.6 Å². The number of hydrogen-bond acceptors (Lipinski definition) is 4. The molecule has 6 atom stereocenters. The minimum Gasteiger partial charge on any atom is -0.479 e. The first-order valence-corrected chi connectivity index (χ1v) is 13.1. The maximum Gasteiger partial charge on any atom is 0.344 e. The summed E-state index contributed by atoms with van der Waals surface area (Å²) in [6.45, 7) is 8.55. The summed E-state index contributed by atoms with van der Waals surface area (Å²) in [5.74, 6) is 0.624. The summed E-state index contributed by atoms with van der Waals surface area (Å²) in [5.41, 5.74) is 1.12. The van der Waals surface area contributed by atoms with Gasteiger partial charge < -0.3 is 19.7 Å². The van der Waals surface area contributed by atoms with E-state index in [1.807, 2.05) is 25.1 Å². The molecule has 0 aliphatic carbocycles. The number of hydrogen-bond donors (Lipinski definition) is 2. The van der Waals surface area contributed by atoms with Crippen molar-refractivity contribution in [2.45, 2.75) is 116 Å². The molecule has 0 amide bonds. The Balaban J connectivity index is 1.63. The summed E-state index contributed by atoms with van der Waals surface area (Å²) >= 11 is 0. The summed E-state index contributed by atoms with van der Waals surface area (Å²) in [7, 11) is 0. The normalized spacial score (nSPS) is 26.3. The van der Waals surface area contributed by atoms with Crippen molar-refractivity contribution in [2.75, 3.05) is 0 Å². The van der Waals surface area contributed by atoms with E-state index in [0.717, 1.165) is 57.8 Å². The van der Waals surface area contributed by atoms with Gasteiger partial charge in [0.25, 0.3) is 0 Å². The van der Waals surface area contributed by atoms with E-state index < -0.39 is 12.1 Å². The highest BCUT2D eigenvalue weighted by atomic mass is 16.5. The van der Waals surface area contributed by atoms with E-state index in [2.05, 4.69) is 26.8 Å². The number of rotatable bonds is 14. The van der Waals surface area contributed by atoms with Crippen LogP contribution in [0.1, 0.15) is 91.0 Å². The highest BCUT2D eigenvalue weighted by molar-refractivity contribution is 5.72. The summed E-state index contributed by atoms with van der Waals surface area (Å²) in [6.07, 6.45) is 9.12. The third-order valence-corrected chi connectivity index (χ3v) is 7.91. The molecule has 3 rings (SSSR count). The van der Waals surface area contributed by atoms with E-state index in [1.165, 1.54) is 5.56 Å². The predicted octanol–water partition coefficient (Wildman–Crippen LogP) is 6.01. The van der Waals surface area contributed by atoms with Crippen LogP contribution in [0.2, 0.25) is 0 Å². The van der Waals surface area contributed by atoms with Gasteiger partial charge in [-0.1, -0.05) is 59.1 Å². The lowest BCUT2D eigenvalue weighted by atomic mass is 9.72. The molecule has 0 aromatic heterocycles. The topological polar surface area (TPSA) is 76.0 Å². The molecule has 2 saturated heterocycles. The Kier molecular flexibility index (Phi) is 9.23. The van der Waals surface area contributed by atoms with Crippen LogP contribution in [0.4, 0.5) is 0 Å². The van der Waals surface area contributed by atoms with Crippen LogP contribution in [0, 0.1) is 17.3 Å². The molecule has 5 nitrogen and oxygen atoms in total. The van der Waals surface area contributed by atoms with Crippen LogP contribution in [0.15, 0.2) is 24.3 Å². The molecule has 0 radical (unpaired) electrons. The Hall–Kier alpha value is -1.59. The maximum absolute atomic E-state index is 11.5. The Morgan fingerprint density at radius 2 is 1.88 bits per heavy atom.